The lowest BCUT2D eigenvalue weighted by atomic mass is 10.0. The molecular weight excluding hydrogens is 245 g/mol. The van der Waals surface area contributed by atoms with Crippen molar-refractivity contribution in [3.05, 3.63) is 0 Å². The van der Waals surface area contributed by atoms with Gasteiger partial charge in [0, 0.05) is 12.1 Å². The van der Waals surface area contributed by atoms with E-state index < -0.39 is 4.33 Å². The van der Waals surface area contributed by atoms with Crippen LogP contribution in [-0.2, 0) is 4.79 Å². The van der Waals surface area contributed by atoms with Gasteiger partial charge in [0.15, 0.2) is 0 Å². The summed E-state index contributed by atoms with van der Waals surface area (Å²) in [7, 11) is 0. The van der Waals surface area contributed by atoms with Gasteiger partial charge in [-0.2, -0.15) is 0 Å². The minimum atomic E-state index is -0.791. The number of alkyl halides is 2. The van der Waals surface area contributed by atoms with Crippen molar-refractivity contribution in [3.8, 4) is 0 Å². The van der Waals surface area contributed by atoms with E-state index in [0.29, 0.717) is 18.4 Å². The molecule has 2 rings (SSSR count). The molecule has 0 saturated heterocycles. The van der Waals surface area contributed by atoms with E-state index in [2.05, 4.69) is 20.8 Å². The highest BCUT2D eigenvalue weighted by molar-refractivity contribution is 6.52. The van der Waals surface area contributed by atoms with Crippen molar-refractivity contribution in [2.24, 2.45) is 11.8 Å². The van der Waals surface area contributed by atoms with Crippen LogP contribution >= 0.6 is 23.2 Å². The van der Waals surface area contributed by atoms with E-state index in [0.717, 1.165) is 12.8 Å². The van der Waals surface area contributed by atoms with Gasteiger partial charge in [-0.05, 0) is 32.1 Å². The minimum absolute atomic E-state index is 0.161. The van der Waals surface area contributed by atoms with Crippen LogP contribution in [0.5, 0.6) is 0 Å². The first-order chi connectivity index (χ1) is 7.34. The number of rotatable bonds is 4. The number of hydrogen-bond acceptors (Lipinski definition) is 1. The minimum Gasteiger partial charge on any atom is -0.336 e. The van der Waals surface area contributed by atoms with Crippen molar-refractivity contribution in [2.45, 2.75) is 56.5 Å². The fourth-order valence-corrected chi connectivity index (χ4v) is 2.54. The van der Waals surface area contributed by atoms with Gasteiger partial charge in [0.05, 0.1) is 5.92 Å². The molecule has 2 saturated carbocycles. The second-order valence-corrected chi connectivity index (χ2v) is 7.02. The van der Waals surface area contributed by atoms with Crippen molar-refractivity contribution in [1.82, 2.24) is 4.90 Å². The molecule has 2 aliphatic rings. The van der Waals surface area contributed by atoms with E-state index in [1.165, 1.54) is 0 Å². The average Bonchev–Trinajstić information content (AvgIpc) is 3.04. The number of amides is 1. The maximum absolute atomic E-state index is 12.3. The Labute approximate surface area is 107 Å². The summed E-state index contributed by atoms with van der Waals surface area (Å²) in [6.07, 6.45) is 2.88. The smallest absolute Gasteiger partial charge is 0.229 e. The lowest BCUT2D eigenvalue weighted by molar-refractivity contribution is -0.136. The molecule has 4 heteroatoms. The predicted octanol–water partition coefficient (Wildman–Crippen LogP) is 3.22. The number of carbonyl (C=O) groups is 1. The fraction of sp³-hybridized carbons (Fsp3) is 0.917. The molecule has 0 N–H and O–H groups in total. The van der Waals surface area contributed by atoms with Crippen LogP contribution in [0.15, 0.2) is 0 Å². The Morgan fingerprint density at radius 3 is 2.12 bits per heavy atom. The SMILES string of the molecule is CC(C)C(C)N(C(=O)C1CC1(Cl)Cl)C1CC1. The molecule has 2 aliphatic carbocycles. The Bertz CT molecular complexity index is 299. The lowest BCUT2D eigenvalue weighted by Crippen LogP contribution is -2.44. The summed E-state index contributed by atoms with van der Waals surface area (Å²) < 4.78 is -0.791. The zero-order valence-electron chi connectivity index (χ0n) is 10.0. The highest BCUT2D eigenvalue weighted by atomic mass is 35.5. The Hall–Kier alpha value is 0.0500. The summed E-state index contributed by atoms with van der Waals surface area (Å²) in [5, 5.41) is 0. The monoisotopic (exact) mass is 263 g/mol. The van der Waals surface area contributed by atoms with E-state index in [-0.39, 0.29) is 17.9 Å². The highest BCUT2D eigenvalue weighted by Gasteiger charge is 2.59. The molecule has 0 heterocycles. The van der Waals surface area contributed by atoms with E-state index in [9.17, 15) is 4.79 Å². The van der Waals surface area contributed by atoms with Crippen LogP contribution in [0.25, 0.3) is 0 Å². The number of hydrogen-bond donors (Lipinski definition) is 0. The van der Waals surface area contributed by atoms with Crippen molar-refractivity contribution in [1.29, 1.82) is 0 Å². The molecule has 0 aliphatic heterocycles. The van der Waals surface area contributed by atoms with Crippen LogP contribution in [0, 0.1) is 11.8 Å². The Morgan fingerprint density at radius 2 is 1.81 bits per heavy atom. The van der Waals surface area contributed by atoms with Gasteiger partial charge in [0.25, 0.3) is 0 Å². The molecule has 0 aromatic rings. The molecule has 2 atom stereocenters. The molecule has 0 bridgehead atoms. The van der Waals surface area contributed by atoms with E-state index in [1.54, 1.807) is 0 Å². The van der Waals surface area contributed by atoms with Crippen LogP contribution in [0.4, 0.5) is 0 Å². The molecule has 0 spiro atoms. The molecule has 92 valence electrons. The first-order valence-electron chi connectivity index (χ1n) is 6.04. The molecule has 16 heavy (non-hydrogen) atoms. The molecule has 2 nitrogen and oxygen atoms in total. The normalized spacial score (nSPS) is 29.0. The molecule has 2 unspecified atom stereocenters. The van der Waals surface area contributed by atoms with Crippen molar-refractivity contribution in [2.75, 3.05) is 0 Å². The summed E-state index contributed by atoms with van der Waals surface area (Å²) >= 11 is 11.9. The van der Waals surface area contributed by atoms with Crippen LogP contribution in [0.1, 0.15) is 40.0 Å². The largest absolute Gasteiger partial charge is 0.336 e. The summed E-state index contributed by atoms with van der Waals surface area (Å²) in [4.78, 5) is 14.3. The molecule has 0 aromatic heterocycles. The third-order valence-electron chi connectivity index (χ3n) is 3.72. The molecule has 0 radical (unpaired) electrons. The van der Waals surface area contributed by atoms with Gasteiger partial charge in [-0.25, -0.2) is 0 Å². The van der Waals surface area contributed by atoms with Crippen LogP contribution < -0.4 is 0 Å². The molecule has 0 aromatic carbocycles. The maximum atomic E-state index is 12.3. The van der Waals surface area contributed by atoms with Crippen LogP contribution in [0.2, 0.25) is 0 Å². The van der Waals surface area contributed by atoms with Crippen molar-refractivity contribution >= 4 is 29.1 Å². The molecule has 2 fully saturated rings. The van der Waals surface area contributed by atoms with Crippen molar-refractivity contribution < 1.29 is 4.79 Å². The summed E-state index contributed by atoms with van der Waals surface area (Å²) in [5.41, 5.74) is 0. The van der Waals surface area contributed by atoms with Gasteiger partial charge in [-0.1, -0.05) is 13.8 Å². The standard InChI is InChI=1S/C12H19Cl2NO/c1-7(2)8(3)15(9-4-5-9)11(16)10-6-12(10,13)14/h7-10H,4-6H2,1-3H3. The summed E-state index contributed by atoms with van der Waals surface area (Å²) in [6.45, 7) is 6.41. The van der Waals surface area contributed by atoms with Gasteiger partial charge in [0.1, 0.15) is 4.33 Å². The fourth-order valence-electron chi connectivity index (χ4n) is 2.05. The van der Waals surface area contributed by atoms with E-state index >= 15 is 0 Å². The third-order valence-corrected chi connectivity index (χ3v) is 4.56. The van der Waals surface area contributed by atoms with E-state index in [1.807, 2.05) is 4.90 Å². The Balaban J connectivity index is 2.05. The molecular formula is C12H19Cl2NO. The first-order valence-corrected chi connectivity index (χ1v) is 6.80. The highest BCUT2D eigenvalue weighted by Crippen LogP contribution is 2.54. The second-order valence-electron chi connectivity index (χ2n) is 5.48. The van der Waals surface area contributed by atoms with Crippen LogP contribution in [0.3, 0.4) is 0 Å². The average molecular weight is 264 g/mol. The van der Waals surface area contributed by atoms with Gasteiger partial charge in [0.2, 0.25) is 5.91 Å². The number of halogens is 2. The van der Waals surface area contributed by atoms with Gasteiger partial charge >= 0.3 is 0 Å². The summed E-state index contributed by atoms with van der Waals surface area (Å²) in [5.74, 6) is 0.467. The van der Waals surface area contributed by atoms with Gasteiger partial charge < -0.3 is 4.90 Å². The van der Waals surface area contributed by atoms with Gasteiger partial charge in [-0.3, -0.25) is 4.79 Å². The maximum Gasteiger partial charge on any atom is 0.229 e. The zero-order chi connectivity index (χ0) is 12.1. The third kappa shape index (κ3) is 2.33. The number of nitrogens with zero attached hydrogens (tertiary/aromatic N) is 1. The summed E-state index contributed by atoms with van der Waals surface area (Å²) in [6, 6.07) is 0.722. The predicted molar refractivity (Wildman–Crippen MR) is 66.7 cm³/mol. The molecule has 1 amide bonds. The topological polar surface area (TPSA) is 20.3 Å². The van der Waals surface area contributed by atoms with E-state index in [4.69, 9.17) is 23.2 Å². The first kappa shape index (κ1) is 12.5. The van der Waals surface area contributed by atoms with Crippen molar-refractivity contribution in [3.63, 3.8) is 0 Å². The lowest BCUT2D eigenvalue weighted by Gasteiger charge is -2.32. The van der Waals surface area contributed by atoms with Crippen LogP contribution in [-0.4, -0.2) is 27.2 Å². The van der Waals surface area contributed by atoms with Gasteiger partial charge in [-0.15, -0.1) is 23.2 Å². The number of carbonyl (C=O) groups excluding carboxylic acids is 1. The zero-order valence-corrected chi connectivity index (χ0v) is 11.6. The second kappa shape index (κ2) is 4.06. The quantitative estimate of drug-likeness (QED) is 0.714. The Kier molecular flexibility index (Phi) is 3.17. The Morgan fingerprint density at radius 1 is 1.31 bits per heavy atom.